The third-order valence-electron chi connectivity index (χ3n) is 3.24. The molecule has 0 saturated carbocycles. The van der Waals surface area contributed by atoms with Crippen LogP contribution in [0.15, 0.2) is 53.1 Å². The summed E-state index contributed by atoms with van der Waals surface area (Å²) < 4.78 is 10.8. The van der Waals surface area contributed by atoms with E-state index in [1.54, 1.807) is 31.4 Å². The largest absolute Gasteiger partial charge is 0.497 e. The number of allylic oxidation sites excluding steroid dienone is 1. The van der Waals surface area contributed by atoms with Gasteiger partial charge in [0.2, 0.25) is 0 Å². The van der Waals surface area contributed by atoms with Crippen LogP contribution in [0.5, 0.6) is 5.75 Å². The number of benzene rings is 1. The van der Waals surface area contributed by atoms with Gasteiger partial charge in [-0.15, -0.1) is 0 Å². The molecular weight excluding hydrogens is 308 g/mol. The van der Waals surface area contributed by atoms with Crippen LogP contribution in [0, 0.1) is 22.0 Å². The first-order valence-corrected chi connectivity index (χ1v) is 7.02. The fourth-order valence-corrected chi connectivity index (χ4v) is 2.13. The lowest BCUT2D eigenvalue weighted by molar-refractivity contribution is -0.389. The van der Waals surface area contributed by atoms with E-state index >= 15 is 0 Å². The molecule has 0 fully saturated rings. The number of rotatable bonds is 3. The highest BCUT2D eigenvalue weighted by Crippen LogP contribution is 2.24. The zero-order chi connectivity index (χ0) is 16.9. The van der Waals surface area contributed by atoms with Crippen molar-refractivity contribution in [1.82, 2.24) is 4.98 Å². The standard InChI is InChI=1S/C18H12N2O4/c1-23-15-8-9-17-14(11-15)12-16(24-17)7-3-2-5-13-6-4-10-19-18(13)20(21)22/h3-4,6-12H,1H3/b7-3+. The highest BCUT2D eigenvalue weighted by atomic mass is 16.6. The summed E-state index contributed by atoms with van der Waals surface area (Å²) in [6.45, 7) is 0. The quantitative estimate of drug-likeness (QED) is 0.416. The average molecular weight is 320 g/mol. The molecule has 0 radical (unpaired) electrons. The van der Waals surface area contributed by atoms with Gasteiger partial charge < -0.3 is 19.3 Å². The van der Waals surface area contributed by atoms with Gasteiger partial charge in [0, 0.05) is 5.39 Å². The van der Waals surface area contributed by atoms with E-state index in [0.29, 0.717) is 5.76 Å². The van der Waals surface area contributed by atoms with Crippen LogP contribution in [-0.2, 0) is 0 Å². The molecule has 0 bridgehead atoms. The monoisotopic (exact) mass is 320 g/mol. The minimum absolute atomic E-state index is 0.255. The van der Waals surface area contributed by atoms with Crippen LogP contribution in [0.25, 0.3) is 17.0 Å². The molecule has 0 aliphatic carbocycles. The summed E-state index contributed by atoms with van der Waals surface area (Å²) in [5, 5.41) is 11.8. The number of methoxy groups -OCH3 is 1. The molecule has 3 rings (SSSR count). The zero-order valence-corrected chi connectivity index (χ0v) is 12.7. The first-order valence-electron chi connectivity index (χ1n) is 7.02. The Hall–Kier alpha value is -3.59. The molecule has 0 N–H and O–H groups in total. The number of nitrogens with zero attached hydrogens (tertiary/aromatic N) is 2. The van der Waals surface area contributed by atoms with E-state index in [2.05, 4.69) is 16.8 Å². The summed E-state index contributed by atoms with van der Waals surface area (Å²) in [4.78, 5) is 14.0. The Labute approximate surface area is 137 Å². The van der Waals surface area contributed by atoms with Gasteiger partial charge in [0.15, 0.2) is 0 Å². The van der Waals surface area contributed by atoms with E-state index in [1.165, 1.54) is 6.20 Å². The minimum atomic E-state index is -0.555. The number of pyridine rings is 1. The number of aromatic nitrogens is 1. The van der Waals surface area contributed by atoms with E-state index in [1.807, 2.05) is 24.3 Å². The molecule has 0 atom stereocenters. The molecule has 0 aliphatic heterocycles. The molecule has 6 heteroatoms. The SMILES string of the molecule is COc1ccc2oc(/C=C/C#Cc3cccnc3[N+](=O)[O-])cc2c1. The summed E-state index contributed by atoms with van der Waals surface area (Å²) in [6.07, 6.45) is 4.63. The van der Waals surface area contributed by atoms with Gasteiger partial charge in [-0.2, -0.15) is 0 Å². The maximum Gasteiger partial charge on any atom is 0.379 e. The Morgan fingerprint density at radius 1 is 1.33 bits per heavy atom. The fourth-order valence-electron chi connectivity index (χ4n) is 2.13. The third-order valence-corrected chi connectivity index (χ3v) is 3.24. The lowest BCUT2D eigenvalue weighted by Gasteiger charge is -1.96. The molecule has 2 heterocycles. The van der Waals surface area contributed by atoms with Gasteiger partial charge in [-0.25, -0.2) is 0 Å². The molecule has 2 aromatic heterocycles. The van der Waals surface area contributed by atoms with Crippen LogP contribution in [0.4, 0.5) is 5.82 Å². The van der Waals surface area contributed by atoms with Crippen LogP contribution in [-0.4, -0.2) is 17.0 Å². The van der Waals surface area contributed by atoms with Crippen molar-refractivity contribution in [3.63, 3.8) is 0 Å². The van der Waals surface area contributed by atoms with Crippen molar-refractivity contribution in [2.45, 2.75) is 0 Å². The van der Waals surface area contributed by atoms with Crippen molar-refractivity contribution in [1.29, 1.82) is 0 Å². The van der Waals surface area contributed by atoms with Gasteiger partial charge >= 0.3 is 5.82 Å². The molecule has 0 spiro atoms. The zero-order valence-electron chi connectivity index (χ0n) is 12.7. The molecule has 6 nitrogen and oxygen atoms in total. The Bertz CT molecular complexity index is 993. The van der Waals surface area contributed by atoms with Crippen LogP contribution >= 0.6 is 0 Å². The Kier molecular flexibility index (Phi) is 4.25. The molecule has 0 unspecified atom stereocenters. The number of nitro groups is 1. The summed E-state index contributed by atoms with van der Waals surface area (Å²) in [7, 11) is 1.61. The lowest BCUT2D eigenvalue weighted by atomic mass is 10.2. The van der Waals surface area contributed by atoms with E-state index in [9.17, 15) is 10.1 Å². The molecular formula is C18H12N2O4. The third kappa shape index (κ3) is 3.25. The highest BCUT2D eigenvalue weighted by Gasteiger charge is 2.11. The van der Waals surface area contributed by atoms with E-state index < -0.39 is 4.92 Å². The van der Waals surface area contributed by atoms with Crippen molar-refractivity contribution in [3.05, 3.63) is 70.1 Å². The second-order valence-corrected chi connectivity index (χ2v) is 4.79. The molecule has 0 aliphatic rings. The molecule has 0 amide bonds. The maximum atomic E-state index is 10.9. The lowest BCUT2D eigenvalue weighted by Crippen LogP contribution is -1.94. The molecule has 118 valence electrons. The summed E-state index contributed by atoms with van der Waals surface area (Å²) in [6, 6.07) is 10.5. The fraction of sp³-hybridized carbons (Fsp3) is 0.0556. The van der Waals surface area contributed by atoms with E-state index in [0.717, 1.165) is 16.7 Å². The van der Waals surface area contributed by atoms with Crippen LogP contribution in [0.2, 0.25) is 0 Å². The van der Waals surface area contributed by atoms with Crippen molar-refractivity contribution in [2.24, 2.45) is 0 Å². The van der Waals surface area contributed by atoms with Crippen molar-refractivity contribution < 1.29 is 14.1 Å². The predicted octanol–water partition coefficient (Wildman–Crippen LogP) is 3.81. The molecule has 3 aromatic rings. The first-order chi connectivity index (χ1) is 11.7. The number of fused-ring (bicyclic) bond motifs is 1. The Morgan fingerprint density at radius 3 is 3.00 bits per heavy atom. The minimum Gasteiger partial charge on any atom is -0.497 e. The highest BCUT2D eigenvalue weighted by molar-refractivity contribution is 5.81. The average Bonchev–Trinajstić information content (AvgIpc) is 3.00. The van der Waals surface area contributed by atoms with Crippen LogP contribution in [0.3, 0.4) is 0 Å². The topological polar surface area (TPSA) is 78.4 Å². The van der Waals surface area contributed by atoms with Gasteiger partial charge in [0.05, 0.1) is 7.11 Å². The van der Waals surface area contributed by atoms with Crippen LogP contribution in [0.1, 0.15) is 11.3 Å². The second kappa shape index (κ2) is 6.67. The first kappa shape index (κ1) is 15.3. The van der Waals surface area contributed by atoms with E-state index in [-0.39, 0.29) is 11.4 Å². The van der Waals surface area contributed by atoms with Crippen LogP contribution < -0.4 is 4.74 Å². The summed E-state index contributed by atoms with van der Waals surface area (Å²) in [5.41, 5.74) is 1.01. The van der Waals surface area contributed by atoms with Gasteiger partial charge in [-0.05, 0) is 58.5 Å². The number of furan rings is 1. The Morgan fingerprint density at radius 2 is 2.21 bits per heavy atom. The predicted molar refractivity (Wildman–Crippen MR) is 89.6 cm³/mol. The molecule has 1 aromatic carbocycles. The number of hydrogen-bond acceptors (Lipinski definition) is 5. The van der Waals surface area contributed by atoms with Gasteiger partial charge in [0.25, 0.3) is 0 Å². The molecule has 0 saturated heterocycles. The number of hydrogen-bond donors (Lipinski definition) is 0. The maximum absolute atomic E-state index is 10.9. The summed E-state index contributed by atoms with van der Waals surface area (Å²) in [5.74, 6) is 6.60. The number of ether oxygens (including phenoxy) is 1. The van der Waals surface area contributed by atoms with Gasteiger partial charge in [-0.3, -0.25) is 0 Å². The van der Waals surface area contributed by atoms with Gasteiger partial charge in [-0.1, -0.05) is 11.8 Å². The smallest absolute Gasteiger partial charge is 0.379 e. The molecule has 24 heavy (non-hydrogen) atoms. The summed E-state index contributed by atoms with van der Waals surface area (Å²) >= 11 is 0. The second-order valence-electron chi connectivity index (χ2n) is 4.79. The Balaban J connectivity index is 1.82. The van der Waals surface area contributed by atoms with Gasteiger partial charge in [0.1, 0.15) is 28.9 Å². The van der Waals surface area contributed by atoms with Crippen molar-refractivity contribution in [3.8, 4) is 17.6 Å². The van der Waals surface area contributed by atoms with Crippen molar-refractivity contribution >= 4 is 22.9 Å². The normalized spacial score (nSPS) is 10.5. The van der Waals surface area contributed by atoms with E-state index in [4.69, 9.17) is 9.15 Å². The van der Waals surface area contributed by atoms with Crippen molar-refractivity contribution in [2.75, 3.05) is 7.11 Å².